The summed E-state index contributed by atoms with van der Waals surface area (Å²) in [5.41, 5.74) is -2.86. The summed E-state index contributed by atoms with van der Waals surface area (Å²) >= 11 is 3.21. The Labute approximate surface area is 332 Å². The Kier molecular flexibility index (Phi) is 13.8. The maximum absolute atomic E-state index is 11.9. The van der Waals surface area contributed by atoms with E-state index in [1.165, 1.54) is 22.8 Å². The average Bonchev–Trinajstić information content (AvgIpc) is 3.74. The van der Waals surface area contributed by atoms with Gasteiger partial charge in [0, 0.05) is 40.8 Å². The summed E-state index contributed by atoms with van der Waals surface area (Å²) in [5, 5.41) is 18.2. The van der Waals surface area contributed by atoms with E-state index in [-0.39, 0.29) is 5.52 Å². The number of nitrogens with zero attached hydrogens (tertiary/aromatic N) is 9. The normalized spacial score (nSPS) is 11.0. The van der Waals surface area contributed by atoms with Gasteiger partial charge in [0.2, 0.25) is 0 Å². The van der Waals surface area contributed by atoms with Crippen LogP contribution in [-0.2, 0) is 40.8 Å². The zero-order valence-corrected chi connectivity index (χ0v) is 34.6. The largest absolute Gasteiger partial charge is 0.378 e. The van der Waals surface area contributed by atoms with Crippen molar-refractivity contribution >= 4 is 49.4 Å². The van der Waals surface area contributed by atoms with Crippen LogP contribution in [0.3, 0.4) is 0 Å². The molecule has 0 aliphatic rings. The van der Waals surface area contributed by atoms with Crippen LogP contribution in [-0.4, -0.2) is 78.7 Å². The summed E-state index contributed by atoms with van der Waals surface area (Å²) in [4.78, 5) is 88.9. The molecule has 0 aliphatic carbocycles. The molecule has 5 N–H and O–H groups in total. The number of imidazole rings is 3. The van der Waals surface area contributed by atoms with Crippen LogP contribution in [0, 0.1) is 36.5 Å². The third kappa shape index (κ3) is 9.86. The van der Waals surface area contributed by atoms with Gasteiger partial charge in [0.25, 0.3) is 16.7 Å². The Morgan fingerprint density at radius 3 is 1.28 bits per heavy atom. The van der Waals surface area contributed by atoms with Gasteiger partial charge in [0.1, 0.15) is 11.2 Å². The molecule has 0 spiro atoms. The van der Waals surface area contributed by atoms with E-state index in [0.29, 0.717) is 64.0 Å². The summed E-state index contributed by atoms with van der Waals surface area (Å²) in [6.07, 6.45) is 10.1. The van der Waals surface area contributed by atoms with Crippen LogP contribution in [0.2, 0.25) is 0 Å². The fourth-order valence-electron chi connectivity index (χ4n) is 5.04. The highest BCUT2D eigenvalue weighted by Gasteiger charge is 2.17. The molecule has 0 atom stereocenters. The second-order valence-electron chi connectivity index (χ2n) is 13.1. The van der Waals surface area contributed by atoms with Gasteiger partial charge in [-0.2, -0.15) is 0 Å². The first-order valence-electron chi connectivity index (χ1n) is 17.1. The van der Waals surface area contributed by atoms with Crippen molar-refractivity contribution in [2.75, 3.05) is 0 Å². The monoisotopic (exact) mass is 850 g/mol. The van der Waals surface area contributed by atoms with Crippen molar-refractivity contribution in [2.45, 2.75) is 79.3 Å². The van der Waals surface area contributed by atoms with Crippen molar-refractivity contribution in [1.82, 2.24) is 57.3 Å². The van der Waals surface area contributed by atoms with Crippen LogP contribution in [0.15, 0.2) is 33.5 Å². The van der Waals surface area contributed by atoms with Crippen molar-refractivity contribution in [1.29, 1.82) is 0 Å². The third-order valence-electron chi connectivity index (χ3n) is 7.90. The lowest BCUT2D eigenvalue weighted by atomic mass is 10.1. The predicted octanol–water partition coefficient (Wildman–Crippen LogP) is -0.414. The first-order chi connectivity index (χ1) is 26.5. The fourth-order valence-corrected chi connectivity index (χ4v) is 5.39. The molecule has 302 valence electrons. The first-order valence-corrected chi connectivity index (χ1v) is 17.9. The molecule has 21 heteroatoms. The number of rotatable bonds is 3. The molecule has 6 aromatic heterocycles. The summed E-state index contributed by atoms with van der Waals surface area (Å²) < 4.78 is 9.29. The molecular weight excluding hydrogens is 808 g/mol. The van der Waals surface area contributed by atoms with Crippen LogP contribution in [0.1, 0.15) is 60.1 Å². The highest BCUT2D eigenvalue weighted by atomic mass is 79.9. The maximum atomic E-state index is 11.9. The van der Waals surface area contributed by atoms with Crippen LogP contribution in [0.5, 0.6) is 0 Å². The highest BCUT2D eigenvalue weighted by Crippen LogP contribution is 2.14. The molecule has 6 heterocycles. The van der Waals surface area contributed by atoms with E-state index >= 15 is 0 Å². The molecule has 0 amide bonds. The number of aromatic amines is 3. The predicted molar refractivity (Wildman–Crippen MR) is 218 cm³/mol. The van der Waals surface area contributed by atoms with Crippen LogP contribution < -0.4 is 33.7 Å². The van der Waals surface area contributed by atoms with E-state index < -0.39 is 44.9 Å². The van der Waals surface area contributed by atoms with E-state index in [1.54, 1.807) is 67.3 Å². The number of fused-ring (bicyclic) bond motifs is 3. The van der Waals surface area contributed by atoms with Crippen LogP contribution in [0.25, 0.3) is 33.5 Å². The average molecular weight is 852 g/mol. The van der Waals surface area contributed by atoms with Crippen molar-refractivity contribution in [3.05, 3.63) is 78.9 Å². The minimum atomic E-state index is -1.16. The molecule has 0 saturated heterocycles. The van der Waals surface area contributed by atoms with Gasteiger partial charge in [-0.1, -0.05) is 11.8 Å². The van der Waals surface area contributed by atoms with Crippen LogP contribution >= 0.6 is 15.9 Å². The topological polar surface area (TPSA) is 258 Å². The van der Waals surface area contributed by atoms with E-state index in [9.17, 15) is 33.9 Å². The zero-order valence-electron chi connectivity index (χ0n) is 33.0. The van der Waals surface area contributed by atoms with Crippen LogP contribution in [0.4, 0.5) is 0 Å². The maximum Gasteiger partial charge on any atom is 0.330 e. The molecule has 57 heavy (non-hydrogen) atoms. The summed E-state index contributed by atoms with van der Waals surface area (Å²) in [6.45, 7) is 12.9. The third-order valence-corrected chi connectivity index (χ3v) is 8.61. The van der Waals surface area contributed by atoms with E-state index in [4.69, 9.17) is 18.0 Å². The Morgan fingerprint density at radius 2 is 0.947 bits per heavy atom. The van der Waals surface area contributed by atoms with E-state index in [1.807, 2.05) is 6.92 Å². The number of H-pyrrole nitrogens is 3. The number of aryl methyl sites for hydroxylation is 6. The number of terminal acetylenes is 2. The second kappa shape index (κ2) is 17.5. The number of halogens is 1. The number of hydrogen-bond donors (Lipinski definition) is 5. The first kappa shape index (κ1) is 44.9. The summed E-state index contributed by atoms with van der Waals surface area (Å²) in [7, 11) is 4.99. The quantitative estimate of drug-likeness (QED) is 0.113. The zero-order chi connectivity index (χ0) is 43.3. The molecule has 0 fully saturated rings. The Hall–Kier alpha value is -6.47. The number of nitrogens with one attached hydrogen (secondary N) is 3. The van der Waals surface area contributed by atoms with Gasteiger partial charge in [-0.3, -0.25) is 43.0 Å². The van der Waals surface area contributed by atoms with Gasteiger partial charge in [-0.15, -0.1) is 12.8 Å². The summed E-state index contributed by atoms with van der Waals surface area (Å²) in [6, 6.07) is 0. The molecule has 20 nitrogen and oxygen atoms in total. The number of hydrogen-bond acceptors (Lipinski definition) is 11. The van der Waals surface area contributed by atoms with Gasteiger partial charge < -0.3 is 23.9 Å². The minimum absolute atomic E-state index is 0.284. The van der Waals surface area contributed by atoms with Gasteiger partial charge >= 0.3 is 17.1 Å². The van der Waals surface area contributed by atoms with Gasteiger partial charge in [-0.25, -0.2) is 29.3 Å². The Bertz CT molecular complexity index is 3000. The smallest absolute Gasteiger partial charge is 0.330 e. The molecule has 0 unspecified atom stereocenters. The van der Waals surface area contributed by atoms with E-state index in [0.717, 1.165) is 0 Å². The van der Waals surface area contributed by atoms with Crippen molar-refractivity contribution in [3.63, 3.8) is 0 Å². The molecule has 0 radical (unpaired) electrons. The lowest BCUT2D eigenvalue weighted by molar-refractivity contribution is 0.143. The molecule has 6 rings (SSSR count). The molecule has 0 aromatic carbocycles. The van der Waals surface area contributed by atoms with Crippen molar-refractivity contribution in [2.24, 2.45) is 21.1 Å². The van der Waals surface area contributed by atoms with Crippen molar-refractivity contribution < 1.29 is 10.2 Å². The van der Waals surface area contributed by atoms with E-state index in [2.05, 4.69) is 69.5 Å². The molecule has 0 bridgehead atoms. The Balaban J connectivity index is 0.000000216. The van der Waals surface area contributed by atoms with Gasteiger partial charge in [0.05, 0.1) is 0 Å². The fraction of sp³-hybridized carbons (Fsp3) is 0.417. The molecule has 0 saturated carbocycles. The molecular formula is C36H43BrN12O8. The van der Waals surface area contributed by atoms with Gasteiger partial charge in [-0.05, 0) is 76.2 Å². The number of aliphatic hydroxyl groups is 2. The molecule has 0 aliphatic heterocycles. The lowest BCUT2D eigenvalue weighted by Gasteiger charge is -2.05. The SMILES string of the molecule is C#CC(C)(C)O.C#Cc1nc2c(c(=O)[nH]c(=O)n2CC)n1C.CCn1c(=O)[nH]c(=O)c2c1nc(Br)n2C.CCn1c(=O)[nH]c(=O)c2c1nc(C#CC(C)(C)O)n2C. The van der Waals surface area contributed by atoms with Crippen molar-refractivity contribution in [3.8, 4) is 36.5 Å². The second-order valence-corrected chi connectivity index (χ2v) is 13.8. The Morgan fingerprint density at radius 1 is 0.614 bits per heavy atom. The standard InChI is InChI=1S/C13H16N4O3.C10H10N4O2.C8H9BrN4O2.C5H8O/c1-5-17-10-9(11(18)15-12(17)19)16(4)8(14-10)6-7-13(2,3)20;1-4-6-11-8-7(13(6)3)9(15)12-10(16)14(8)5-2;1-3-13-5-4(6(14)11-8(13)15)12(2)7(9)10-5;1-4-5(2,3)6/h20H,5H2,1-4H3,(H,15,18,19);1H,5H2,2-3H3,(H,12,15,16);3H2,1-2H3,(H,11,14,15);1,6H,2-3H3. The molecule has 6 aromatic rings. The van der Waals surface area contributed by atoms with Gasteiger partial charge in [0.15, 0.2) is 49.9 Å². The number of aromatic nitrogens is 12. The highest BCUT2D eigenvalue weighted by molar-refractivity contribution is 9.10. The minimum Gasteiger partial charge on any atom is -0.378 e. The lowest BCUT2D eigenvalue weighted by Crippen LogP contribution is -2.30. The summed E-state index contributed by atoms with van der Waals surface area (Å²) in [5.74, 6) is 10.5.